The fraction of sp³-hybridized carbons (Fsp3) is 0.412. The van der Waals surface area contributed by atoms with Crippen LogP contribution >= 0.6 is 0 Å². The Morgan fingerprint density at radius 3 is 2.70 bits per heavy atom. The minimum Gasteiger partial charge on any atom is -0.339 e. The van der Waals surface area contributed by atoms with Crippen LogP contribution in [0.25, 0.3) is 6.08 Å². The molecule has 0 aliphatic carbocycles. The first-order valence-electron chi connectivity index (χ1n) is 7.65. The quantitative estimate of drug-likeness (QED) is 0.790. The number of nitrogens with zero attached hydrogens (tertiary/aromatic N) is 2. The number of amides is 1. The van der Waals surface area contributed by atoms with Gasteiger partial charge in [0.2, 0.25) is 5.91 Å². The molecule has 1 amide bonds. The molecule has 6 heteroatoms. The van der Waals surface area contributed by atoms with Gasteiger partial charge in [-0.1, -0.05) is 19.1 Å². The lowest BCUT2D eigenvalue weighted by atomic mass is 10.1. The first-order valence-corrected chi connectivity index (χ1v) is 9.36. The Morgan fingerprint density at radius 2 is 2.09 bits per heavy atom. The van der Waals surface area contributed by atoms with Gasteiger partial charge >= 0.3 is 0 Å². The van der Waals surface area contributed by atoms with Crippen LogP contribution < -0.4 is 0 Å². The zero-order chi connectivity index (χ0) is 16.9. The van der Waals surface area contributed by atoms with E-state index in [0.717, 1.165) is 5.56 Å². The van der Waals surface area contributed by atoms with Crippen molar-refractivity contribution in [1.82, 2.24) is 4.90 Å². The summed E-state index contributed by atoms with van der Waals surface area (Å²) in [4.78, 5) is 13.8. The SMILES string of the molecule is CCS(=O)(=O)C1CCN(C(=O)/C=C/c2cccc(C#N)c2)CC1. The van der Waals surface area contributed by atoms with Gasteiger partial charge in [0.25, 0.3) is 0 Å². The van der Waals surface area contributed by atoms with Gasteiger partial charge in [0, 0.05) is 24.9 Å². The molecule has 1 heterocycles. The number of rotatable bonds is 4. The van der Waals surface area contributed by atoms with Crippen LogP contribution in [0.15, 0.2) is 30.3 Å². The molecule has 1 saturated heterocycles. The molecule has 0 bridgehead atoms. The highest BCUT2D eigenvalue weighted by atomic mass is 32.2. The number of sulfone groups is 1. The van der Waals surface area contributed by atoms with Crippen LogP contribution in [0, 0.1) is 11.3 Å². The van der Waals surface area contributed by atoms with Crippen LogP contribution in [0.5, 0.6) is 0 Å². The van der Waals surface area contributed by atoms with Gasteiger partial charge in [-0.25, -0.2) is 8.42 Å². The van der Waals surface area contributed by atoms with Crippen molar-refractivity contribution in [3.8, 4) is 6.07 Å². The fourth-order valence-electron chi connectivity index (χ4n) is 2.66. The van der Waals surface area contributed by atoms with Gasteiger partial charge in [0.1, 0.15) is 0 Å². The van der Waals surface area contributed by atoms with Crippen LogP contribution in [0.1, 0.15) is 30.9 Å². The van der Waals surface area contributed by atoms with Crippen molar-refractivity contribution in [2.45, 2.75) is 25.0 Å². The third kappa shape index (κ3) is 4.42. The fourth-order valence-corrected chi connectivity index (χ4v) is 4.06. The molecule has 1 fully saturated rings. The Morgan fingerprint density at radius 1 is 1.39 bits per heavy atom. The molecule has 2 rings (SSSR count). The number of carbonyl (C=O) groups excluding carboxylic acids is 1. The summed E-state index contributed by atoms with van der Waals surface area (Å²) in [6.45, 7) is 2.58. The van der Waals surface area contributed by atoms with E-state index in [2.05, 4.69) is 6.07 Å². The van der Waals surface area contributed by atoms with Gasteiger partial charge in [-0.15, -0.1) is 0 Å². The Hall–Kier alpha value is -2.13. The van der Waals surface area contributed by atoms with Gasteiger partial charge in [0.15, 0.2) is 9.84 Å². The second-order valence-corrected chi connectivity index (χ2v) is 8.12. The van der Waals surface area contributed by atoms with E-state index in [1.807, 2.05) is 6.07 Å². The molecule has 0 unspecified atom stereocenters. The molecule has 0 saturated carbocycles. The molecule has 5 nitrogen and oxygen atoms in total. The second kappa shape index (κ2) is 7.42. The lowest BCUT2D eigenvalue weighted by Crippen LogP contribution is -2.42. The average molecular weight is 332 g/mol. The molecule has 122 valence electrons. The minimum atomic E-state index is -3.02. The summed E-state index contributed by atoms with van der Waals surface area (Å²) in [6.07, 6.45) is 4.16. The highest BCUT2D eigenvalue weighted by Gasteiger charge is 2.29. The maximum absolute atomic E-state index is 12.2. The van der Waals surface area contributed by atoms with Crippen LogP contribution in [-0.2, 0) is 14.6 Å². The van der Waals surface area contributed by atoms with Crippen molar-refractivity contribution < 1.29 is 13.2 Å². The van der Waals surface area contributed by atoms with Crippen molar-refractivity contribution in [3.05, 3.63) is 41.5 Å². The Labute approximate surface area is 137 Å². The predicted molar refractivity (Wildman–Crippen MR) is 89.3 cm³/mol. The number of hydrogen-bond acceptors (Lipinski definition) is 4. The number of benzene rings is 1. The molecule has 0 radical (unpaired) electrons. The summed E-state index contributed by atoms with van der Waals surface area (Å²) in [5, 5.41) is 8.53. The summed E-state index contributed by atoms with van der Waals surface area (Å²) in [7, 11) is -3.02. The van der Waals surface area contributed by atoms with E-state index in [4.69, 9.17) is 5.26 Å². The first kappa shape index (κ1) is 17.2. The third-order valence-electron chi connectivity index (χ3n) is 4.10. The topological polar surface area (TPSA) is 78.2 Å². The molecule has 23 heavy (non-hydrogen) atoms. The molecule has 1 aliphatic rings. The molecule has 1 aromatic rings. The monoisotopic (exact) mass is 332 g/mol. The standard InChI is InChI=1S/C17H20N2O3S/c1-2-23(21,22)16-8-10-19(11-9-16)17(20)7-6-14-4-3-5-15(12-14)13-18/h3-7,12,16H,2,8-11H2,1H3/b7-6+. The van der Waals surface area contributed by atoms with Gasteiger partial charge in [-0.2, -0.15) is 5.26 Å². The molecule has 1 aliphatic heterocycles. The molecule has 0 N–H and O–H groups in total. The maximum atomic E-state index is 12.2. The van der Waals surface area contributed by atoms with Gasteiger partial charge in [-0.05, 0) is 36.6 Å². The van der Waals surface area contributed by atoms with Gasteiger partial charge in [-0.3, -0.25) is 4.79 Å². The highest BCUT2D eigenvalue weighted by molar-refractivity contribution is 7.92. The third-order valence-corrected chi connectivity index (χ3v) is 6.39. The van der Waals surface area contributed by atoms with Crippen LogP contribution in [0.3, 0.4) is 0 Å². The van der Waals surface area contributed by atoms with E-state index in [1.54, 1.807) is 36.1 Å². The summed E-state index contributed by atoms with van der Waals surface area (Å²) >= 11 is 0. The molecular formula is C17H20N2O3S. The minimum absolute atomic E-state index is 0.125. The smallest absolute Gasteiger partial charge is 0.246 e. The normalized spacial score (nSPS) is 16.4. The number of hydrogen-bond donors (Lipinski definition) is 0. The number of carbonyl (C=O) groups is 1. The molecule has 0 aromatic heterocycles. The predicted octanol–water partition coefficient (Wildman–Crippen LogP) is 2.00. The van der Waals surface area contributed by atoms with Crippen molar-refractivity contribution in [2.24, 2.45) is 0 Å². The summed E-state index contributed by atoms with van der Waals surface area (Å²) in [5.41, 5.74) is 1.34. The molecule has 1 aromatic carbocycles. The van der Waals surface area contributed by atoms with Crippen LogP contribution in [-0.4, -0.2) is 43.3 Å². The zero-order valence-corrected chi connectivity index (χ0v) is 13.9. The Balaban J connectivity index is 1.95. The highest BCUT2D eigenvalue weighted by Crippen LogP contribution is 2.19. The van der Waals surface area contributed by atoms with E-state index in [0.29, 0.717) is 31.5 Å². The first-order chi connectivity index (χ1) is 11.0. The van der Waals surface area contributed by atoms with Crippen molar-refractivity contribution in [2.75, 3.05) is 18.8 Å². The van der Waals surface area contributed by atoms with E-state index < -0.39 is 9.84 Å². The van der Waals surface area contributed by atoms with E-state index in [-0.39, 0.29) is 16.9 Å². The van der Waals surface area contributed by atoms with E-state index in [1.165, 1.54) is 6.08 Å². The van der Waals surface area contributed by atoms with Gasteiger partial charge < -0.3 is 4.90 Å². The lowest BCUT2D eigenvalue weighted by Gasteiger charge is -2.30. The lowest BCUT2D eigenvalue weighted by molar-refractivity contribution is -0.126. The molecular weight excluding hydrogens is 312 g/mol. The summed E-state index contributed by atoms with van der Waals surface area (Å²) in [5.74, 6) is 0.0282. The van der Waals surface area contributed by atoms with Crippen LogP contribution in [0.2, 0.25) is 0 Å². The van der Waals surface area contributed by atoms with Gasteiger partial charge in [0.05, 0.1) is 16.9 Å². The summed E-state index contributed by atoms with van der Waals surface area (Å²) < 4.78 is 23.7. The number of nitriles is 1. The van der Waals surface area contributed by atoms with E-state index in [9.17, 15) is 13.2 Å². The van der Waals surface area contributed by atoms with Crippen molar-refractivity contribution >= 4 is 21.8 Å². The number of piperidine rings is 1. The Bertz CT molecular complexity index is 739. The summed E-state index contributed by atoms with van der Waals surface area (Å²) in [6, 6.07) is 9.07. The van der Waals surface area contributed by atoms with Crippen LogP contribution in [0.4, 0.5) is 0 Å². The average Bonchev–Trinajstić information content (AvgIpc) is 2.60. The van der Waals surface area contributed by atoms with Crippen molar-refractivity contribution in [3.63, 3.8) is 0 Å². The van der Waals surface area contributed by atoms with E-state index >= 15 is 0 Å². The van der Waals surface area contributed by atoms with Crippen molar-refractivity contribution in [1.29, 1.82) is 5.26 Å². The Kier molecular flexibility index (Phi) is 5.56. The molecule has 0 spiro atoms. The zero-order valence-electron chi connectivity index (χ0n) is 13.1. The maximum Gasteiger partial charge on any atom is 0.246 e. The largest absolute Gasteiger partial charge is 0.339 e. The number of likely N-dealkylation sites (tertiary alicyclic amines) is 1. The molecule has 0 atom stereocenters. The second-order valence-electron chi connectivity index (χ2n) is 5.55.